The van der Waals surface area contributed by atoms with Gasteiger partial charge in [-0.3, -0.25) is 4.79 Å². The van der Waals surface area contributed by atoms with E-state index in [1.165, 1.54) is 6.92 Å². The number of anilines is 1. The van der Waals surface area contributed by atoms with Crippen molar-refractivity contribution in [3.63, 3.8) is 0 Å². The number of rotatable bonds is 4. The van der Waals surface area contributed by atoms with E-state index in [2.05, 4.69) is 15.6 Å². The molecule has 0 fully saturated rings. The molecule has 22 heavy (non-hydrogen) atoms. The van der Waals surface area contributed by atoms with Gasteiger partial charge in [-0.2, -0.15) is 0 Å². The average Bonchev–Trinajstić information content (AvgIpc) is 2.57. The SMILES string of the molecule is CC(=N/O)/C(=N/O)c1ccc(NC(=O)c2ccccc2)cc1. The van der Waals surface area contributed by atoms with Crippen molar-refractivity contribution >= 4 is 23.0 Å². The van der Waals surface area contributed by atoms with Crippen LogP contribution in [0.5, 0.6) is 0 Å². The Balaban J connectivity index is 2.14. The summed E-state index contributed by atoms with van der Waals surface area (Å²) in [6.07, 6.45) is 0. The minimum absolute atomic E-state index is 0.156. The summed E-state index contributed by atoms with van der Waals surface area (Å²) in [5, 5.41) is 26.6. The van der Waals surface area contributed by atoms with Gasteiger partial charge < -0.3 is 15.7 Å². The van der Waals surface area contributed by atoms with E-state index >= 15 is 0 Å². The molecule has 0 radical (unpaired) electrons. The second-order valence-corrected chi connectivity index (χ2v) is 4.53. The van der Waals surface area contributed by atoms with Crippen LogP contribution >= 0.6 is 0 Å². The number of amides is 1. The van der Waals surface area contributed by atoms with Gasteiger partial charge in [-0.15, -0.1) is 0 Å². The van der Waals surface area contributed by atoms with Crippen molar-refractivity contribution in [2.24, 2.45) is 10.3 Å². The molecule has 0 aliphatic carbocycles. The minimum Gasteiger partial charge on any atom is -0.411 e. The van der Waals surface area contributed by atoms with Crippen molar-refractivity contribution in [1.82, 2.24) is 0 Å². The molecule has 1 amide bonds. The maximum atomic E-state index is 12.0. The van der Waals surface area contributed by atoms with E-state index in [-0.39, 0.29) is 17.3 Å². The highest BCUT2D eigenvalue weighted by Gasteiger charge is 2.10. The molecule has 0 saturated heterocycles. The Morgan fingerprint density at radius 1 is 0.909 bits per heavy atom. The average molecular weight is 297 g/mol. The Morgan fingerprint density at radius 2 is 1.55 bits per heavy atom. The number of hydrogen-bond acceptors (Lipinski definition) is 5. The molecular weight excluding hydrogens is 282 g/mol. The lowest BCUT2D eigenvalue weighted by Gasteiger charge is -2.07. The molecule has 6 heteroatoms. The number of hydrogen-bond donors (Lipinski definition) is 3. The van der Waals surface area contributed by atoms with E-state index in [1.54, 1.807) is 48.5 Å². The van der Waals surface area contributed by atoms with E-state index in [0.717, 1.165) is 0 Å². The smallest absolute Gasteiger partial charge is 0.255 e. The van der Waals surface area contributed by atoms with Crippen molar-refractivity contribution < 1.29 is 15.2 Å². The molecule has 2 rings (SSSR count). The Morgan fingerprint density at radius 3 is 2.09 bits per heavy atom. The third-order valence-corrected chi connectivity index (χ3v) is 3.04. The molecule has 2 aromatic rings. The molecule has 0 unspecified atom stereocenters. The predicted molar refractivity (Wildman–Crippen MR) is 84.1 cm³/mol. The van der Waals surface area contributed by atoms with Crippen molar-refractivity contribution in [2.45, 2.75) is 6.92 Å². The second-order valence-electron chi connectivity index (χ2n) is 4.53. The number of nitrogens with zero attached hydrogens (tertiary/aromatic N) is 2. The molecule has 0 aromatic heterocycles. The number of oxime groups is 2. The molecule has 0 spiro atoms. The van der Waals surface area contributed by atoms with Crippen LogP contribution in [0.4, 0.5) is 5.69 Å². The van der Waals surface area contributed by atoms with Gasteiger partial charge in [-0.1, -0.05) is 40.6 Å². The van der Waals surface area contributed by atoms with Crippen molar-refractivity contribution in [3.05, 3.63) is 65.7 Å². The lowest BCUT2D eigenvalue weighted by atomic mass is 10.1. The lowest BCUT2D eigenvalue weighted by Crippen LogP contribution is -2.14. The topological polar surface area (TPSA) is 94.3 Å². The van der Waals surface area contributed by atoms with Crippen molar-refractivity contribution in [3.8, 4) is 0 Å². The first-order valence-corrected chi connectivity index (χ1v) is 6.53. The van der Waals surface area contributed by atoms with Gasteiger partial charge in [0.2, 0.25) is 0 Å². The number of nitrogens with one attached hydrogen (secondary N) is 1. The van der Waals surface area contributed by atoms with E-state index < -0.39 is 0 Å². The molecule has 6 nitrogen and oxygen atoms in total. The van der Waals surface area contributed by atoms with E-state index in [9.17, 15) is 4.79 Å². The molecule has 0 bridgehead atoms. The van der Waals surface area contributed by atoms with Gasteiger partial charge in [0.15, 0.2) is 0 Å². The molecular formula is C16H15N3O3. The first kappa shape index (κ1) is 15.2. The third kappa shape index (κ3) is 3.49. The summed E-state index contributed by atoms with van der Waals surface area (Å²) < 4.78 is 0. The monoisotopic (exact) mass is 297 g/mol. The summed E-state index contributed by atoms with van der Waals surface area (Å²) in [5.41, 5.74) is 2.07. The quantitative estimate of drug-likeness (QED) is 0.460. The summed E-state index contributed by atoms with van der Waals surface area (Å²) >= 11 is 0. The first-order valence-electron chi connectivity index (χ1n) is 6.53. The molecule has 0 aliphatic heterocycles. The lowest BCUT2D eigenvalue weighted by molar-refractivity contribution is 0.102. The van der Waals surface area contributed by atoms with Gasteiger partial charge >= 0.3 is 0 Å². The van der Waals surface area contributed by atoms with Crippen LogP contribution in [0.15, 0.2) is 64.9 Å². The van der Waals surface area contributed by atoms with Crippen molar-refractivity contribution in [2.75, 3.05) is 5.32 Å². The van der Waals surface area contributed by atoms with Crippen LogP contribution < -0.4 is 5.32 Å². The predicted octanol–water partition coefficient (Wildman–Crippen LogP) is 2.97. The molecule has 0 heterocycles. The maximum absolute atomic E-state index is 12.0. The molecule has 0 saturated carbocycles. The fourth-order valence-corrected chi connectivity index (χ4v) is 1.89. The molecule has 2 aromatic carbocycles. The van der Waals surface area contributed by atoms with Gasteiger partial charge in [0.05, 0.1) is 0 Å². The summed E-state index contributed by atoms with van der Waals surface area (Å²) in [6, 6.07) is 15.5. The van der Waals surface area contributed by atoms with Crippen LogP contribution in [-0.2, 0) is 0 Å². The number of carbonyl (C=O) groups excluding carboxylic acids is 1. The Labute approximate surface area is 127 Å². The van der Waals surface area contributed by atoms with Gasteiger partial charge in [0, 0.05) is 16.8 Å². The largest absolute Gasteiger partial charge is 0.411 e. The van der Waals surface area contributed by atoms with Gasteiger partial charge in [-0.25, -0.2) is 0 Å². The van der Waals surface area contributed by atoms with Crippen molar-refractivity contribution in [1.29, 1.82) is 0 Å². The van der Waals surface area contributed by atoms with Gasteiger partial charge in [-0.05, 0) is 31.2 Å². The van der Waals surface area contributed by atoms with Crippen LogP contribution in [0.25, 0.3) is 0 Å². The molecule has 3 N–H and O–H groups in total. The highest BCUT2D eigenvalue weighted by molar-refractivity contribution is 6.47. The van der Waals surface area contributed by atoms with E-state index in [1.807, 2.05) is 6.07 Å². The van der Waals surface area contributed by atoms with Crippen LogP contribution in [0.2, 0.25) is 0 Å². The van der Waals surface area contributed by atoms with Crippen LogP contribution in [0.1, 0.15) is 22.8 Å². The Kier molecular flexibility index (Phi) is 4.87. The molecule has 112 valence electrons. The highest BCUT2D eigenvalue weighted by atomic mass is 16.4. The van der Waals surface area contributed by atoms with Gasteiger partial charge in [0.25, 0.3) is 5.91 Å². The third-order valence-electron chi connectivity index (χ3n) is 3.04. The molecule has 0 atom stereocenters. The zero-order chi connectivity index (χ0) is 15.9. The van der Waals surface area contributed by atoms with E-state index in [0.29, 0.717) is 16.8 Å². The summed E-state index contributed by atoms with van der Waals surface area (Å²) in [4.78, 5) is 12.0. The summed E-state index contributed by atoms with van der Waals surface area (Å²) in [5.74, 6) is -0.211. The molecule has 0 aliphatic rings. The fourth-order valence-electron chi connectivity index (χ4n) is 1.89. The standard InChI is InChI=1S/C16H15N3O3/c1-11(18-21)15(19-22)12-7-9-14(10-8-12)17-16(20)13-5-3-2-4-6-13/h2-10,21-22H,1H3,(H,17,20)/b18-11-,19-15-. The van der Waals surface area contributed by atoms with E-state index in [4.69, 9.17) is 10.4 Å². The Bertz CT molecular complexity index is 707. The number of benzene rings is 2. The normalized spacial score (nSPS) is 12.0. The first-order chi connectivity index (χ1) is 10.7. The van der Waals surface area contributed by atoms with Crippen LogP contribution in [0.3, 0.4) is 0 Å². The zero-order valence-electron chi connectivity index (χ0n) is 11.9. The minimum atomic E-state index is -0.211. The number of carbonyl (C=O) groups is 1. The van der Waals surface area contributed by atoms with Crippen LogP contribution in [-0.4, -0.2) is 27.7 Å². The summed E-state index contributed by atoms with van der Waals surface area (Å²) in [6.45, 7) is 1.51. The maximum Gasteiger partial charge on any atom is 0.255 e. The second kappa shape index (κ2) is 7.03. The zero-order valence-corrected chi connectivity index (χ0v) is 11.9. The van der Waals surface area contributed by atoms with Crippen LogP contribution in [0, 0.1) is 0 Å². The Hall–Kier alpha value is -3.15. The fraction of sp³-hybridized carbons (Fsp3) is 0.0625. The van der Waals surface area contributed by atoms with Gasteiger partial charge in [0.1, 0.15) is 11.4 Å². The summed E-state index contributed by atoms with van der Waals surface area (Å²) in [7, 11) is 0. The highest BCUT2D eigenvalue weighted by Crippen LogP contribution is 2.13.